The second-order valence-corrected chi connectivity index (χ2v) is 6.82. The molecule has 1 saturated carbocycles. The van der Waals surface area contributed by atoms with Crippen LogP contribution >= 0.6 is 0 Å². The van der Waals surface area contributed by atoms with Crippen molar-refractivity contribution in [3.8, 4) is 0 Å². The van der Waals surface area contributed by atoms with Gasteiger partial charge in [0.2, 0.25) is 0 Å². The zero-order chi connectivity index (χ0) is 17.9. The predicted molar refractivity (Wildman–Crippen MR) is 102 cm³/mol. The highest BCUT2D eigenvalue weighted by Gasteiger charge is 2.28. The Morgan fingerprint density at radius 1 is 1.08 bits per heavy atom. The molecule has 3 aromatic rings. The van der Waals surface area contributed by atoms with Crippen molar-refractivity contribution in [2.24, 2.45) is 0 Å². The van der Waals surface area contributed by atoms with E-state index in [9.17, 15) is 9.90 Å². The number of carbonyl (C=O) groups is 1. The van der Waals surface area contributed by atoms with Gasteiger partial charge in [-0.05, 0) is 30.5 Å². The third-order valence-corrected chi connectivity index (χ3v) is 4.84. The van der Waals surface area contributed by atoms with E-state index in [0.29, 0.717) is 24.6 Å². The molecule has 26 heavy (non-hydrogen) atoms. The van der Waals surface area contributed by atoms with E-state index in [1.807, 2.05) is 60.7 Å². The van der Waals surface area contributed by atoms with Crippen molar-refractivity contribution in [2.45, 2.75) is 25.3 Å². The van der Waals surface area contributed by atoms with E-state index in [1.54, 1.807) is 4.90 Å². The van der Waals surface area contributed by atoms with Crippen LogP contribution in [0.1, 0.15) is 40.4 Å². The van der Waals surface area contributed by atoms with Crippen molar-refractivity contribution >= 4 is 16.8 Å². The quantitative estimate of drug-likeness (QED) is 0.740. The summed E-state index contributed by atoms with van der Waals surface area (Å²) < 4.78 is 0. The van der Waals surface area contributed by atoms with E-state index in [0.717, 1.165) is 35.0 Å². The minimum Gasteiger partial charge on any atom is -0.395 e. The molecule has 0 saturated heterocycles. The van der Waals surface area contributed by atoms with Crippen molar-refractivity contribution in [1.82, 2.24) is 9.88 Å². The molecule has 0 radical (unpaired) electrons. The number of para-hydroxylation sites is 1. The van der Waals surface area contributed by atoms with Crippen LogP contribution in [0.25, 0.3) is 10.9 Å². The first kappa shape index (κ1) is 16.7. The van der Waals surface area contributed by atoms with Gasteiger partial charge in [-0.1, -0.05) is 48.5 Å². The van der Waals surface area contributed by atoms with E-state index in [2.05, 4.69) is 0 Å². The topological polar surface area (TPSA) is 53.4 Å². The average molecular weight is 346 g/mol. The lowest BCUT2D eigenvalue weighted by molar-refractivity contribution is 0.0709. The van der Waals surface area contributed by atoms with Gasteiger partial charge >= 0.3 is 0 Å². The number of benzene rings is 2. The Morgan fingerprint density at radius 3 is 2.54 bits per heavy atom. The zero-order valence-corrected chi connectivity index (χ0v) is 14.6. The monoisotopic (exact) mass is 346 g/mol. The summed E-state index contributed by atoms with van der Waals surface area (Å²) in [6, 6.07) is 19.6. The molecule has 1 aliphatic carbocycles. The number of hydrogen-bond donors (Lipinski definition) is 1. The second-order valence-electron chi connectivity index (χ2n) is 6.82. The van der Waals surface area contributed by atoms with Crippen LogP contribution in [0.15, 0.2) is 60.7 Å². The molecule has 4 nitrogen and oxygen atoms in total. The summed E-state index contributed by atoms with van der Waals surface area (Å²) >= 11 is 0. The van der Waals surface area contributed by atoms with Gasteiger partial charge in [0.1, 0.15) is 0 Å². The average Bonchev–Trinajstić information content (AvgIpc) is 3.52. The van der Waals surface area contributed by atoms with E-state index >= 15 is 0 Å². The Labute approximate surface area is 153 Å². The van der Waals surface area contributed by atoms with Crippen LogP contribution in [0.5, 0.6) is 0 Å². The van der Waals surface area contributed by atoms with Gasteiger partial charge in [0.15, 0.2) is 0 Å². The lowest BCUT2D eigenvalue weighted by atomic mass is 10.0. The number of aliphatic hydroxyl groups excluding tert-OH is 1. The smallest absolute Gasteiger partial charge is 0.254 e. The standard InChI is InChI=1S/C22H22N2O2/c25-13-12-24(15-16-6-2-1-3-7-16)22(26)19-14-21(17-10-11-17)23-20-9-5-4-8-18(19)20/h1-9,14,17,25H,10-13,15H2. The van der Waals surface area contributed by atoms with E-state index in [-0.39, 0.29) is 12.5 Å². The molecular weight excluding hydrogens is 324 g/mol. The lowest BCUT2D eigenvalue weighted by Crippen LogP contribution is -2.33. The number of amides is 1. The summed E-state index contributed by atoms with van der Waals surface area (Å²) in [7, 11) is 0. The van der Waals surface area contributed by atoms with Gasteiger partial charge < -0.3 is 10.0 Å². The Balaban J connectivity index is 1.72. The number of pyridine rings is 1. The molecule has 0 bridgehead atoms. The molecule has 1 aromatic heterocycles. The number of aliphatic hydroxyl groups is 1. The Hall–Kier alpha value is -2.72. The molecule has 132 valence electrons. The van der Waals surface area contributed by atoms with Crippen LogP contribution in [0.2, 0.25) is 0 Å². The number of nitrogens with zero attached hydrogens (tertiary/aromatic N) is 2. The molecule has 4 heteroatoms. The van der Waals surface area contributed by atoms with Crippen molar-refractivity contribution < 1.29 is 9.90 Å². The molecule has 0 atom stereocenters. The zero-order valence-electron chi connectivity index (χ0n) is 14.6. The summed E-state index contributed by atoms with van der Waals surface area (Å²) in [6.07, 6.45) is 2.28. The highest BCUT2D eigenvalue weighted by atomic mass is 16.3. The van der Waals surface area contributed by atoms with E-state index < -0.39 is 0 Å². The fraction of sp³-hybridized carbons (Fsp3) is 0.273. The second kappa shape index (κ2) is 7.26. The number of aromatic nitrogens is 1. The number of carbonyl (C=O) groups excluding carboxylic acids is 1. The highest BCUT2D eigenvalue weighted by Crippen LogP contribution is 2.40. The molecule has 0 spiro atoms. The van der Waals surface area contributed by atoms with Crippen molar-refractivity contribution in [3.05, 3.63) is 77.5 Å². The SMILES string of the molecule is O=C(c1cc(C2CC2)nc2ccccc12)N(CCO)Cc1ccccc1. The van der Waals surface area contributed by atoms with Crippen LogP contribution in [0, 0.1) is 0 Å². The van der Waals surface area contributed by atoms with Crippen LogP contribution in [-0.4, -0.2) is 34.0 Å². The van der Waals surface area contributed by atoms with Gasteiger partial charge in [-0.2, -0.15) is 0 Å². The van der Waals surface area contributed by atoms with Gasteiger partial charge in [0, 0.05) is 30.1 Å². The minimum atomic E-state index is -0.0585. The third kappa shape index (κ3) is 3.46. The van der Waals surface area contributed by atoms with Crippen LogP contribution in [-0.2, 0) is 6.54 Å². The van der Waals surface area contributed by atoms with Crippen molar-refractivity contribution in [1.29, 1.82) is 0 Å². The summed E-state index contributed by atoms with van der Waals surface area (Å²) in [5, 5.41) is 10.3. The first-order valence-corrected chi connectivity index (χ1v) is 9.10. The molecule has 1 fully saturated rings. The Bertz CT molecular complexity index is 920. The summed E-state index contributed by atoms with van der Waals surface area (Å²) in [4.78, 5) is 19.8. The summed E-state index contributed by atoms with van der Waals surface area (Å²) in [5.74, 6) is 0.426. The summed E-state index contributed by atoms with van der Waals surface area (Å²) in [5.41, 5.74) is 3.61. The van der Waals surface area contributed by atoms with Gasteiger partial charge in [0.25, 0.3) is 5.91 Å². The Kier molecular flexibility index (Phi) is 4.67. The van der Waals surface area contributed by atoms with Gasteiger partial charge in [-0.15, -0.1) is 0 Å². The first-order chi connectivity index (χ1) is 12.8. The fourth-order valence-corrected chi connectivity index (χ4v) is 3.31. The Morgan fingerprint density at radius 2 is 1.81 bits per heavy atom. The van der Waals surface area contributed by atoms with Gasteiger partial charge in [-0.25, -0.2) is 0 Å². The molecular formula is C22H22N2O2. The molecule has 4 rings (SSSR count). The van der Waals surface area contributed by atoms with Crippen LogP contribution < -0.4 is 0 Å². The molecule has 2 aromatic carbocycles. The van der Waals surface area contributed by atoms with Crippen LogP contribution in [0.3, 0.4) is 0 Å². The minimum absolute atomic E-state index is 0.0524. The molecule has 1 aliphatic rings. The first-order valence-electron chi connectivity index (χ1n) is 9.10. The molecule has 0 aliphatic heterocycles. The maximum Gasteiger partial charge on any atom is 0.254 e. The molecule has 1 N–H and O–H groups in total. The molecule has 0 unspecified atom stereocenters. The highest BCUT2D eigenvalue weighted by molar-refractivity contribution is 6.06. The maximum atomic E-state index is 13.3. The van der Waals surface area contributed by atoms with E-state index in [1.165, 1.54) is 0 Å². The number of hydrogen-bond acceptors (Lipinski definition) is 3. The lowest BCUT2D eigenvalue weighted by Gasteiger charge is -2.23. The van der Waals surface area contributed by atoms with E-state index in [4.69, 9.17) is 4.98 Å². The number of rotatable bonds is 6. The van der Waals surface area contributed by atoms with Crippen molar-refractivity contribution in [2.75, 3.05) is 13.2 Å². The normalized spacial score (nSPS) is 13.7. The van der Waals surface area contributed by atoms with Crippen molar-refractivity contribution in [3.63, 3.8) is 0 Å². The maximum absolute atomic E-state index is 13.3. The summed E-state index contributed by atoms with van der Waals surface area (Å²) in [6.45, 7) is 0.732. The molecule has 1 heterocycles. The fourth-order valence-electron chi connectivity index (χ4n) is 3.31. The van der Waals surface area contributed by atoms with Crippen LogP contribution in [0.4, 0.5) is 0 Å². The largest absolute Gasteiger partial charge is 0.395 e. The predicted octanol–water partition coefficient (Wildman–Crippen LogP) is 3.75. The van der Waals surface area contributed by atoms with Gasteiger partial charge in [-0.3, -0.25) is 9.78 Å². The third-order valence-electron chi connectivity index (χ3n) is 4.84. The van der Waals surface area contributed by atoms with Gasteiger partial charge in [0.05, 0.1) is 17.7 Å². The molecule has 1 amide bonds. The number of fused-ring (bicyclic) bond motifs is 1.